The van der Waals surface area contributed by atoms with Crippen molar-refractivity contribution in [1.82, 2.24) is 5.32 Å². The van der Waals surface area contributed by atoms with Crippen molar-refractivity contribution in [3.8, 4) is 0 Å². The van der Waals surface area contributed by atoms with Gasteiger partial charge < -0.3 is 16.2 Å². The Labute approximate surface area is 112 Å². The van der Waals surface area contributed by atoms with E-state index in [9.17, 15) is 9.59 Å². The van der Waals surface area contributed by atoms with Gasteiger partial charge in [0.25, 0.3) is 0 Å². The van der Waals surface area contributed by atoms with E-state index in [1.165, 1.54) is 0 Å². The number of carbonyl (C=O) groups excluding carboxylic acids is 1. The zero-order chi connectivity index (χ0) is 14.4. The van der Waals surface area contributed by atoms with E-state index in [4.69, 9.17) is 10.8 Å². The number of amides is 1. The van der Waals surface area contributed by atoms with Gasteiger partial charge in [-0.25, -0.2) is 0 Å². The summed E-state index contributed by atoms with van der Waals surface area (Å²) in [5, 5.41) is 11.3. The van der Waals surface area contributed by atoms with Crippen LogP contribution in [0.1, 0.15) is 36.9 Å². The molecule has 5 heteroatoms. The molecule has 1 rings (SSSR count). The molecule has 0 aliphatic carbocycles. The standard InChI is InChI=1S/C14H20N2O3/c1-9-4-3-5-11(8-9)10(2)16-14(19)12(15)6-7-13(17)18/h3-5,8,10,12H,6-7,15H2,1-2H3,(H,16,19)(H,17,18)/t10-,12?/m0/s1. The second-order valence-corrected chi connectivity index (χ2v) is 4.68. The smallest absolute Gasteiger partial charge is 0.303 e. The number of rotatable bonds is 6. The highest BCUT2D eigenvalue weighted by Crippen LogP contribution is 2.13. The van der Waals surface area contributed by atoms with Gasteiger partial charge in [-0.1, -0.05) is 29.8 Å². The first kappa shape index (κ1) is 15.2. The van der Waals surface area contributed by atoms with E-state index in [1.54, 1.807) is 0 Å². The molecule has 0 saturated heterocycles. The van der Waals surface area contributed by atoms with Crippen molar-refractivity contribution in [2.75, 3.05) is 0 Å². The van der Waals surface area contributed by atoms with Crippen LogP contribution < -0.4 is 11.1 Å². The number of carboxylic acids is 1. The molecule has 2 atom stereocenters. The monoisotopic (exact) mass is 264 g/mol. The number of nitrogens with one attached hydrogen (secondary N) is 1. The molecule has 0 bridgehead atoms. The molecule has 1 unspecified atom stereocenters. The van der Waals surface area contributed by atoms with Gasteiger partial charge in [0.05, 0.1) is 12.1 Å². The number of carboxylic acid groups (broad SMARTS) is 1. The fourth-order valence-corrected chi connectivity index (χ4v) is 1.75. The van der Waals surface area contributed by atoms with Crippen LogP contribution >= 0.6 is 0 Å². The number of aryl methyl sites for hydroxylation is 1. The van der Waals surface area contributed by atoms with Crippen molar-refractivity contribution in [3.63, 3.8) is 0 Å². The Morgan fingerprint density at radius 2 is 2.11 bits per heavy atom. The minimum absolute atomic E-state index is 0.104. The van der Waals surface area contributed by atoms with Gasteiger partial charge in [0, 0.05) is 6.42 Å². The summed E-state index contributed by atoms with van der Waals surface area (Å²) in [6.45, 7) is 3.85. The molecule has 0 spiro atoms. The largest absolute Gasteiger partial charge is 0.481 e. The summed E-state index contributed by atoms with van der Waals surface area (Å²) >= 11 is 0. The molecule has 5 nitrogen and oxygen atoms in total. The molecule has 0 aliphatic rings. The van der Waals surface area contributed by atoms with E-state index >= 15 is 0 Å². The van der Waals surface area contributed by atoms with E-state index in [0.717, 1.165) is 11.1 Å². The third-order valence-electron chi connectivity index (χ3n) is 2.91. The lowest BCUT2D eigenvalue weighted by molar-refractivity contribution is -0.137. The first-order valence-electron chi connectivity index (χ1n) is 6.24. The maximum atomic E-state index is 11.8. The van der Waals surface area contributed by atoms with Crippen molar-refractivity contribution in [2.24, 2.45) is 5.73 Å². The Morgan fingerprint density at radius 1 is 1.42 bits per heavy atom. The molecule has 4 N–H and O–H groups in total. The average Bonchev–Trinajstić information content (AvgIpc) is 2.35. The van der Waals surface area contributed by atoms with Gasteiger partial charge >= 0.3 is 5.97 Å². The fraction of sp³-hybridized carbons (Fsp3) is 0.429. The maximum Gasteiger partial charge on any atom is 0.303 e. The van der Waals surface area contributed by atoms with Crippen molar-refractivity contribution < 1.29 is 14.7 Å². The molecule has 0 aliphatic heterocycles. The minimum Gasteiger partial charge on any atom is -0.481 e. The van der Waals surface area contributed by atoms with Crippen LogP contribution in [0.25, 0.3) is 0 Å². The molecule has 0 heterocycles. The molecule has 1 aromatic rings. The van der Waals surface area contributed by atoms with Gasteiger partial charge in [0.1, 0.15) is 0 Å². The topological polar surface area (TPSA) is 92.4 Å². The predicted molar refractivity (Wildman–Crippen MR) is 72.6 cm³/mol. The summed E-state index contributed by atoms with van der Waals surface area (Å²) in [5.41, 5.74) is 7.76. The van der Waals surface area contributed by atoms with Crippen molar-refractivity contribution >= 4 is 11.9 Å². The normalized spacial score (nSPS) is 13.6. The van der Waals surface area contributed by atoms with Crippen LogP contribution in [0.3, 0.4) is 0 Å². The Kier molecular flexibility index (Phi) is 5.51. The van der Waals surface area contributed by atoms with Crippen LogP contribution in [0, 0.1) is 6.92 Å². The number of hydrogen-bond acceptors (Lipinski definition) is 3. The Hall–Kier alpha value is -1.88. The Morgan fingerprint density at radius 3 is 2.68 bits per heavy atom. The molecular formula is C14H20N2O3. The van der Waals surface area contributed by atoms with E-state index < -0.39 is 12.0 Å². The van der Waals surface area contributed by atoms with Crippen molar-refractivity contribution in [1.29, 1.82) is 0 Å². The second-order valence-electron chi connectivity index (χ2n) is 4.68. The first-order valence-corrected chi connectivity index (χ1v) is 6.24. The van der Waals surface area contributed by atoms with Gasteiger partial charge in [-0.15, -0.1) is 0 Å². The summed E-state index contributed by atoms with van der Waals surface area (Å²) in [6, 6.07) is 6.90. The van der Waals surface area contributed by atoms with E-state index in [1.807, 2.05) is 38.1 Å². The zero-order valence-corrected chi connectivity index (χ0v) is 11.2. The van der Waals surface area contributed by atoms with E-state index in [2.05, 4.69) is 5.32 Å². The summed E-state index contributed by atoms with van der Waals surface area (Å²) in [7, 11) is 0. The van der Waals surface area contributed by atoms with Gasteiger partial charge in [-0.2, -0.15) is 0 Å². The average molecular weight is 264 g/mol. The van der Waals surface area contributed by atoms with Crippen molar-refractivity contribution in [2.45, 2.75) is 38.8 Å². The molecule has 19 heavy (non-hydrogen) atoms. The third-order valence-corrected chi connectivity index (χ3v) is 2.91. The quantitative estimate of drug-likeness (QED) is 0.723. The minimum atomic E-state index is -0.949. The summed E-state index contributed by atoms with van der Waals surface area (Å²) in [5.74, 6) is -1.27. The fourth-order valence-electron chi connectivity index (χ4n) is 1.75. The summed E-state index contributed by atoms with van der Waals surface area (Å²) in [6.07, 6.45) is 0.0368. The highest BCUT2D eigenvalue weighted by Gasteiger charge is 2.17. The van der Waals surface area contributed by atoms with Gasteiger partial charge in [0.15, 0.2) is 0 Å². The van der Waals surface area contributed by atoms with Crippen LogP contribution in [0.2, 0.25) is 0 Å². The highest BCUT2D eigenvalue weighted by molar-refractivity contribution is 5.82. The molecular weight excluding hydrogens is 244 g/mol. The predicted octanol–water partition coefficient (Wildman–Crippen LogP) is 1.36. The Balaban J connectivity index is 2.54. The van der Waals surface area contributed by atoms with Crippen LogP contribution in [-0.2, 0) is 9.59 Å². The Bertz CT molecular complexity index is 460. The van der Waals surface area contributed by atoms with Gasteiger partial charge in [-0.05, 0) is 25.8 Å². The third kappa shape index (κ3) is 5.09. The number of hydrogen-bond donors (Lipinski definition) is 3. The first-order chi connectivity index (χ1) is 8.90. The van der Waals surface area contributed by atoms with Gasteiger partial charge in [0.2, 0.25) is 5.91 Å². The molecule has 1 aromatic carbocycles. The molecule has 0 aromatic heterocycles. The molecule has 1 amide bonds. The SMILES string of the molecule is Cc1cccc([C@H](C)NC(=O)C(N)CCC(=O)O)c1. The molecule has 104 valence electrons. The van der Waals surface area contributed by atoms with Crippen LogP contribution in [0.4, 0.5) is 0 Å². The molecule has 0 radical (unpaired) electrons. The number of carbonyl (C=O) groups is 2. The lowest BCUT2D eigenvalue weighted by atomic mass is 10.0. The van der Waals surface area contributed by atoms with Crippen LogP contribution in [0.15, 0.2) is 24.3 Å². The summed E-state index contributed by atoms with van der Waals surface area (Å²) in [4.78, 5) is 22.2. The van der Waals surface area contributed by atoms with Crippen molar-refractivity contribution in [3.05, 3.63) is 35.4 Å². The second kappa shape index (κ2) is 6.89. The summed E-state index contributed by atoms with van der Waals surface area (Å²) < 4.78 is 0. The van der Waals surface area contributed by atoms with Crippen LogP contribution in [0.5, 0.6) is 0 Å². The zero-order valence-electron chi connectivity index (χ0n) is 11.2. The van der Waals surface area contributed by atoms with E-state index in [0.29, 0.717) is 0 Å². The number of aliphatic carboxylic acids is 1. The molecule has 0 fully saturated rings. The number of benzene rings is 1. The lowest BCUT2D eigenvalue weighted by Gasteiger charge is -2.18. The van der Waals surface area contributed by atoms with Crippen LogP contribution in [-0.4, -0.2) is 23.0 Å². The molecule has 0 saturated carbocycles. The number of nitrogens with two attached hydrogens (primary N) is 1. The van der Waals surface area contributed by atoms with Gasteiger partial charge in [-0.3, -0.25) is 9.59 Å². The lowest BCUT2D eigenvalue weighted by Crippen LogP contribution is -2.41. The van der Waals surface area contributed by atoms with E-state index in [-0.39, 0.29) is 24.8 Å². The highest BCUT2D eigenvalue weighted by atomic mass is 16.4. The maximum absolute atomic E-state index is 11.8.